The van der Waals surface area contributed by atoms with Crippen LogP contribution in [0.25, 0.3) is 0 Å². The van der Waals surface area contributed by atoms with Crippen molar-refractivity contribution in [1.29, 1.82) is 0 Å². The van der Waals surface area contributed by atoms with E-state index in [4.69, 9.17) is 9.26 Å². The van der Waals surface area contributed by atoms with Crippen molar-refractivity contribution in [2.45, 2.75) is 57.7 Å². The lowest BCUT2D eigenvalue weighted by Crippen LogP contribution is -2.10. The van der Waals surface area contributed by atoms with Crippen LogP contribution >= 0.6 is 11.8 Å². The van der Waals surface area contributed by atoms with E-state index in [2.05, 4.69) is 38.8 Å². The summed E-state index contributed by atoms with van der Waals surface area (Å²) >= 11 is 1.56. The number of hydrogen-bond donors (Lipinski definition) is 0. The maximum Gasteiger partial charge on any atom is 0.237 e. The van der Waals surface area contributed by atoms with E-state index in [0.29, 0.717) is 24.2 Å². The molecule has 0 saturated heterocycles. The van der Waals surface area contributed by atoms with Crippen LogP contribution < -0.4 is 4.74 Å². The van der Waals surface area contributed by atoms with E-state index in [0.717, 1.165) is 41.9 Å². The van der Waals surface area contributed by atoms with Gasteiger partial charge in [0.25, 0.3) is 0 Å². The molecule has 0 unspecified atom stereocenters. The van der Waals surface area contributed by atoms with Gasteiger partial charge in [-0.1, -0.05) is 55.9 Å². The van der Waals surface area contributed by atoms with Crippen molar-refractivity contribution in [1.82, 2.24) is 24.9 Å². The Hall–Kier alpha value is -2.35. The molecule has 0 fully saturated rings. The van der Waals surface area contributed by atoms with Gasteiger partial charge in [-0.05, 0) is 24.5 Å². The van der Waals surface area contributed by atoms with Gasteiger partial charge in [0.1, 0.15) is 12.4 Å². The Morgan fingerprint density at radius 1 is 1.19 bits per heavy atom. The lowest BCUT2D eigenvalue weighted by Gasteiger charge is -2.12. The normalized spacial score (nSPS) is 11.3. The van der Waals surface area contributed by atoms with Crippen molar-refractivity contribution in [3.8, 4) is 5.75 Å². The Balaban J connectivity index is 1.68. The van der Waals surface area contributed by atoms with E-state index in [9.17, 15) is 0 Å². The van der Waals surface area contributed by atoms with Crippen molar-refractivity contribution in [3.05, 3.63) is 47.9 Å². The van der Waals surface area contributed by atoms with E-state index in [1.54, 1.807) is 11.8 Å². The monoisotopic (exact) mass is 387 g/mol. The summed E-state index contributed by atoms with van der Waals surface area (Å²) < 4.78 is 13.3. The molecule has 7 nitrogen and oxygen atoms in total. The number of thioether (sulfide) groups is 1. The molecule has 0 amide bonds. The van der Waals surface area contributed by atoms with E-state index >= 15 is 0 Å². The molecular weight excluding hydrogens is 362 g/mol. The highest BCUT2D eigenvalue weighted by Crippen LogP contribution is 2.23. The quantitative estimate of drug-likeness (QED) is 0.484. The molecule has 1 aromatic carbocycles. The average Bonchev–Trinajstić information content (AvgIpc) is 3.30. The first-order chi connectivity index (χ1) is 13.2. The van der Waals surface area contributed by atoms with Crippen LogP contribution in [-0.4, -0.2) is 24.9 Å². The highest BCUT2D eigenvalue weighted by molar-refractivity contribution is 7.98. The minimum atomic E-state index is 0.385. The van der Waals surface area contributed by atoms with Gasteiger partial charge >= 0.3 is 0 Å². The first-order valence-electron chi connectivity index (χ1n) is 9.20. The highest BCUT2D eigenvalue weighted by Gasteiger charge is 2.15. The predicted octanol–water partition coefficient (Wildman–Crippen LogP) is 4.14. The van der Waals surface area contributed by atoms with Crippen molar-refractivity contribution >= 4 is 11.8 Å². The topological polar surface area (TPSA) is 78.9 Å². The van der Waals surface area contributed by atoms with Gasteiger partial charge in [-0.15, -0.1) is 10.2 Å². The number of benzene rings is 1. The lowest BCUT2D eigenvalue weighted by atomic mass is 10.1. The van der Waals surface area contributed by atoms with E-state index in [1.807, 2.05) is 37.3 Å². The number of nitrogens with zero attached hydrogens (tertiary/aromatic N) is 5. The summed E-state index contributed by atoms with van der Waals surface area (Å²) in [6.45, 7) is 7.66. The fraction of sp³-hybridized carbons (Fsp3) is 0.474. The van der Waals surface area contributed by atoms with Gasteiger partial charge in [0.05, 0.1) is 5.75 Å². The van der Waals surface area contributed by atoms with Crippen molar-refractivity contribution in [2.75, 3.05) is 0 Å². The lowest BCUT2D eigenvalue weighted by molar-refractivity contribution is 0.285. The number of ether oxygens (including phenoxy) is 1. The first kappa shape index (κ1) is 19.4. The second-order valence-corrected chi connectivity index (χ2v) is 7.52. The molecule has 3 aromatic rings. The predicted molar refractivity (Wildman–Crippen MR) is 103 cm³/mol. The van der Waals surface area contributed by atoms with Crippen LogP contribution in [0.3, 0.4) is 0 Å². The van der Waals surface area contributed by atoms with Crippen LogP contribution in [0.5, 0.6) is 5.75 Å². The SMILES string of the molecule is CCc1noc(CSc2nnc(COc3ccccc3)n2CCC(C)C)n1. The van der Waals surface area contributed by atoms with Crippen molar-refractivity contribution < 1.29 is 9.26 Å². The van der Waals surface area contributed by atoms with Gasteiger partial charge in [0.15, 0.2) is 16.8 Å². The molecule has 2 heterocycles. The summed E-state index contributed by atoms with van der Waals surface area (Å²) in [5, 5.41) is 13.5. The fourth-order valence-corrected chi connectivity index (χ4v) is 3.25. The summed E-state index contributed by atoms with van der Waals surface area (Å²) in [6.07, 6.45) is 1.81. The summed E-state index contributed by atoms with van der Waals surface area (Å²) in [4.78, 5) is 4.35. The molecule has 8 heteroatoms. The molecule has 2 aromatic heterocycles. The van der Waals surface area contributed by atoms with Crippen LogP contribution in [0.4, 0.5) is 0 Å². The number of rotatable bonds is 10. The Morgan fingerprint density at radius 3 is 2.70 bits per heavy atom. The van der Waals surface area contributed by atoms with Gasteiger partial charge in [0, 0.05) is 13.0 Å². The molecule has 3 rings (SSSR count). The minimum Gasteiger partial charge on any atom is -0.486 e. The maximum absolute atomic E-state index is 5.86. The largest absolute Gasteiger partial charge is 0.486 e. The summed E-state index contributed by atoms with van der Waals surface area (Å²) in [5.41, 5.74) is 0. The van der Waals surface area contributed by atoms with E-state index in [-0.39, 0.29) is 0 Å². The molecule has 144 valence electrons. The van der Waals surface area contributed by atoms with Gasteiger partial charge in [0.2, 0.25) is 5.89 Å². The Labute approximate surface area is 163 Å². The number of hydrogen-bond acceptors (Lipinski definition) is 7. The summed E-state index contributed by atoms with van der Waals surface area (Å²) in [7, 11) is 0. The van der Waals surface area contributed by atoms with Crippen LogP contribution in [0, 0.1) is 5.92 Å². The third-order valence-electron chi connectivity index (χ3n) is 3.99. The van der Waals surface area contributed by atoms with Crippen LogP contribution in [0.1, 0.15) is 44.7 Å². The number of aryl methyl sites for hydroxylation is 1. The number of aromatic nitrogens is 5. The fourth-order valence-electron chi connectivity index (χ4n) is 2.43. The molecule has 0 N–H and O–H groups in total. The Morgan fingerprint density at radius 2 is 2.00 bits per heavy atom. The molecule has 0 atom stereocenters. The molecule has 0 bridgehead atoms. The Kier molecular flexibility index (Phi) is 6.86. The minimum absolute atomic E-state index is 0.385. The number of para-hydroxylation sites is 1. The molecular formula is C19H25N5O2S. The highest BCUT2D eigenvalue weighted by atomic mass is 32.2. The van der Waals surface area contributed by atoms with Gasteiger partial charge in [-0.2, -0.15) is 4.98 Å². The molecule has 0 saturated carbocycles. The van der Waals surface area contributed by atoms with E-state index in [1.165, 1.54) is 0 Å². The first-order valence-corrected chi connectivity index (χ1v) is 10.2. The third kappa shape index (κ3) is 5.56. The second kappa shape index (κ2) is 9.55. The van der Waals surface area contributed by atoms with Gasteiger partial charge in [-0.25, -0.2) is 0 Å². The van der Waals surface area contributed by atoms with E-state index < -0.39 is 0 Å². The van der Waals surface area contributed by atoms with Crippen LogP contribution in [0.2, 0.25) is 0 Å². The van der Waals surface area contributed by atoms with Crippen LogP contribution in [0.15, 0.2) is 40.0 Å². The van der Waals surface area contributed by atoms with Gasteiger partial charge in [-0.3, -0.25) is 0 Å². The van der Waals surface area contributed by atoms with Crippen molar-refractivity contribution in [2.24, 2.45) is 5.92 Å². The second-order valence-electron chi connectivity index (χ2n) is 6.58. The van der Waals surface area contributed by atoms with Crippen LogP contribution in [-0.2, 0) is 25.3 Å². The molecule has 0 aliphatic rings. The van der Waals surface area contributed by atoms with Crippen molar-refractivity contribution in [3.63, 3.8) is 0 Å². The van der Waals surface area contributed by atoms with Gasteiger partial charge < -0.3 is 13.8 Å². The Bertz CT molecular complexity index is 832. The molecule has 0 aliphatic carbocycles. The standard InChI is InChI=1S/C19H25N5O2S/c1-4-16-20-18(26-23-16)13-27-19-22-21-17(24(19)11-10-14(2)3)12-25-15-8-6-5-7-9-15/h5-9,14H,4,10-13H2,1-3H3. The summed E-state index contributed by atoms with van der Waals surface area (Å²) in [6, 6.07) is 9.75. The smallest absolute Gasteiger partial charge is 0.237 e. The zero-order chi connectivity index (χ0) is 19.1. The molecule has 0 spiro atoms. The zero-order valence-corrected chi connectivity index (χ0v) is 16.8. The molecule has 27 heavy (non-hydrogen) atoms. The third-order valence-corrected chi connectivity index (χ3v) is 4.94. The molecule has 0 aliphatic heterocycles. The summed E-state index contributed by atoms with van der Waals surface area (Å²) in [5.74, 6) is 4.15. The maximum atomic E-state index is 5.86. The molecule has 0 radical (unpaired) electrons. The zero-order valence-electron chi connectivity index (χ0n) is 16.0. The average molecular weight is 388 g/mol.